The number of nitrogens with one attached hydrogen (secondary N) is 1. The smallest absolute Gasteiger partial charge is 0.312 e. The minimum absolute atomic E-state index is 0.0130. The van der Waals surface area contributed by atoms with E-state index in [1.54, 1.807) is 16.4 Å². The summed E-state index contributed by atoms with van der Waals surface area (Å²) in [7, 11) is 1.81. The minimum Gasteiger partial charge on any atom is -0.489 e. The van der Waals surface area contributed by atoms with E-state index in [0.717, 1.165) is 31.4 Å². The van der Waals surface area contributed by atoms with Crippen LogP contribution >= 0.6 is 0 Å². The molecule has 0 aliphatic heterocycles. The van der Waals surface area contributed by atoms with E-state index in [4.69, 9.17) is 19.5 Å². The maximum Gasteiger partial charge on any atom is 0.312 e. The quantitative estimate of drug-likeness (QED) is 0.523. The molecule has 2 atom stereocenters. The Bertz CT molecular complexity index is 1270. The third-order valence-corrected chi connectivity index (χ3v) is 7.15. The first-order valence-electron chi connectivity index (χ1n) is 12.3. The number of carboxylic acids is 1. The fourth-order valence-corrected chi connectivity index (χ4v) is 5.14. The summed E-state index contributed by atoms with van der Waals surface area (Å²) in [6.07, 6.45) is 7.20. The monoisotopic (exact) mass is 481 g/mol. The molecule has 2 N–H and O–H groups in total. The Hall–Kier alpha value is -3.50. The maximum atomic E-state index is 11.4. The first-order valence-corrected chi connectivity index (χ1v) is 12.3. The van der Waals surface area contributed by atoms with Crippen LogP contribution in [-0.2, 0) is 18.4 Å². The second kappa shape index (κ2) is 9.63. The predicted molar refractivity (Wildman–Crippen MR) is 124 cm³/mol. The highest BCUT2D eigenvalue weighted by molar-refractivity contribution is 5.70. The van der Waals surface area contributed by atoms with Gasteiger partial charge in [-0.2, -0.15) is 0 Å². The van der Waals surface area contributed by atoms with Gasteiger partial charge >= 0.3 is 11.7 Å². The number of aryl methyl sites for hydroxylation is 2. The zero-order valence-corrected chi connectivity index (χ0v) is 20.1. The van der Waals surface area contributed by atoms with Crippen LogP contribution in [0.5, 0.6) is 5.75 Å². The molecule has 0 bridgehead atoms. The van der Waals surface area contributed by atoms with Gasteiger partial charge in [0.1, 0.15) is 11.4 Å². The van der Waals surface area contributed by atoms with Crippen LogP contribution in [0.25, 0.3) is 11.4 Å². The van der Waals surface area contributed by atoms with E-state index in [-0.39, 0.29) is 23.6 Å². The van der Waals surface area contributed by atoms with Crippen LogP contribution in [0.15, 0.2) is 16.5 Å². The Labute approximate surface area is 202 Å². The highest BCUT2D eigenvalue weighted by Crippen LogP contribution is 2.33. The summed E-state index contributed by atoms with van der Waals surface area (Å²) in [6, 6.07) is 3.70. The molecule has 2 aliphatic rings. The molecule has 2 saturated carbocycles. The lowest BCUT2D eigenvalue weighted by molar-refractivity contribution is -0.143. The number of aliphatic carboxylic acids is 1. The van der Waals surface area contributed by atoms with Crippen molar-refractivity contribution in [2.75, 3.05) is 0 Å². The summed E-state index contributed by atoms with van der Waals surface area (Å²) in [5.41, 5.74) is 2.75. The van der Waals surface area contributed by atoms with Crippen LogP contribution in [0.3, 0.4) is 0 Å². The van der Waals surface area contributed by atoms with E-state index < -0.39 is 5.97 Å². The molecule has 3 heterocycles. The molecule has 3 aromatic heterocycles. The molecule has 11 heteroatoms. The second-order valence-corrected chi connectivity index (χ2v) is 9.61. The zero-order chi connectivity index (χ0) is 24.5. The van der Waals surface area contributed by atoms with Crippen molar-refractivity contribution in [1.82, 2.24) is 29.8 Å². The lowest BCUT2D eigenvalue weighted by Crippen LogP contribution is -2.29. The molecule has 5 rings (SSSR count). The number of hydrogen-bond donors (Lipinski definition) is 2. The fourth-order valence-electron chi connectivity index (χ4n) is 5.14. The van der Waals surface area contributed by atoms with E-state index in [1.165, 1.54) is 12.8 Å². The van der Waals surface area contributed by atoms with Gasteiger partial charge in [-0.1, -0.05) is 18.1 Å². The molecule has 2 aliphatic carbocycles. The van der Waals surface area contributed by atoms with Crippen LogP contribution in [0, 0.1) is 18.3 Å². The average Bonchev–Trinajstić information content (AvgIpc) is 3.57. The average molecular weight is 482 g/mol. The molecule has 0 aromatic carbocycles. The van der Waals surface area contributed by atoms with Gasteiger partial charge in [0, 0.05) is 13.0 Å². The lowest BCUT2D eigenvalue weighted by atomic mass is 9.87. The number of carboxylic acid groups (broad SMARTS) is 1. The zero-order valence-electron chi connectivity index (χ0n) is 20.1. The van der Waals surface area contributed by atoms with Gasteiger partial charge < -0.3 is 14.3 Å². The standard InChI is InChI=1S/C24H31N7O4/c1-14-20(34-17-9-5-8-16(12-17)23(32)33)11-10-18(26-14)21-19(30(2)29-27-21)13-31-24(25)35-22(28-31)15-6-3-4-7-15/h10-11,15-17,25H,3-9,12-13H2,1-2H3,(H,32,33)/t16-,17-/m0/s1. The van der Waals surface area contributed by atoms with Crippen molar-refractivity contribution in [2.24, 2.45) is 13.0 Å². The summed E-state index contributed by atoms with van der Waals surface area (Å²) < 4.78 is 15.0. The summed E-state index contributed by atoms with van der Waals surface area (Å²) in [5.74, 6) is 0.461. The molecule has 0 radical (unpaired) electrons. The van der Waals surface area contributed by atoms with Crippen molar-refractivity contribution >= 4 is 5.97 Å². The summed E-state index contributed by atoms with van der Waals surface area (Å²) >= 11 is 0. The second-order valence-electron chi connectivity index (χ2n) is 9.61. The van der Waals surface area contributed by atoms with E-state index >= 15 is 0 Å². The molecule has 3 aromatic rings. The van der Waals surface area contributed by atoms with Crippen molar-refractivity contribution in [1.29, 1.82) is 5.41 Å². The normalized spacial score (nSPS) is 20.9. The molecule has 186 valence electrons. The van der Waals surface area contributed by atoms with E-state index in [2.05, 4.69) is 15.4 Å². The molecular formula is C24H31N7O4. The number of hydrogen-bond acceptors (Lipinski definition) is 8. The topological polar surface area (TPSA) is 145 Å². The van der Waals surface area contributed by atoms with Crippen molar-refractivity contribution in [2.45, 2.75) is 76.9 Å². The fraction of sp³-hybridized carbons (Fsp3) is 0.583. The van der Waals surface area contributed by atoms with Gasteiger partial charge in [0.2, 0.25) is 5.89 Å². The van der Waals surface area contributed by atoms with Gasteiger partial charge in [-0.15, -0.1) is 10.2 Å². The van der Waals surface area contributed by atoms with E-state index in [9.17, 15) is 9.90 Å². The van der Waals surface area contributed by atoms with Crippen molar-refractivity contribution < 1.29 is 19.1 Å². The van der Waals surface area contributed by atoms with Gasteiger partial charge in [-0.3, -0.25) is 4.79 Å². The Morgan fingerprint density at radius 3 is 2.77 bits per heavy atom. The van der Waals surface area contributed by atoms with E-state index in [0.29, 0.717) is 48.1 Å². The Morgan fingerprint density at radius 2 is 2.03 bits per heavy atom. The van der Waals surface area contributed by atoms with Gasteiger partial charge in [0.15, 0.2) is 0 Å². The SMILES string of the molecule is Cc1nc(-c2nnn(C)c2Cn2nc(C3CCCC3)oc2=N)ccc1O[C@H]1CCC[C@H](C(=O)O)C1. The van der Waals surface area contributed by atoms with Crippen LogP contribution in [0.1, 0.15) is 74.6 Å². The molecule has 0 amide bonds. The van der Waals surface area contributed by atoms with Gasteiger partial charge in [-0.05, 0) is 57.6 Å². The number of pyridine rings is 1. The minimum atomic E-state index is -0.755. The Balaban J connectivity index is 1.35. The molecule has 11 nitrogen and oxygen atoms in total. The third kappa shape index (κ3) is 4.85. The molecule has 0 unspecified atom stereocenters. The highest BCUT2D eigenvalue weighted by atomic mass is 16.5. The maximum absolute atomic E-state index is 11.4. The number of carbonyl (C=O) groups is 1. The van der Waals surface area contributed by atoms with Gasteiger partial charge in [-0.25, -0.2) is 19.8 Å². The lowest BCUT2D eigenvalue weighted by Gasteiger charge is -2.27. The number of rotatable bonds is 7. The third-order valence-electron chi connectivity index (χ3n) is 7.15. The number of aromatic nitrogens is 6. The predicted octanol–water partition coefficient (Wildman–Crippen LogP) is 3.18. The van der Waals surface area contributed by atoms with E-state index in [1.807, 2.05) is 19.1 Å². The van der Waals surface area contributed by atoms with Gasteiger partial charge in [0.05, 0.1) is 35.6 Å². The summed E-state index contributed by atoms with van der Waals surface area (Å²) in [6.45, 7) is 2.17. The molecule has 2 fully saturated rings. The molecule has 0 saturated heterocycles. The Kier molecular flexibility index (Phi) is 6.40. The highest BCUT2D eigenvalue weighted by Gasteiger charge is 2.29. The van der Waals surface area contributed by atoms with Gasteiger partial charge in [0.25, 0.3) is 0 Å². The number of nitrogens with zero attached hydrogens (tertiary/aromatic N) is 6. The van der Waals surface area contributed by atoms with Crippen LogP contribution in [-0.4, -0.2) is 46.9 Å². The van der Waals surface area contributed by atoms with Crippen molar-refractivity contribution in [3.05, 3.63) is 35.1 Å². The van der Waals surface area contributed by atoms with Crippen LogP contribution in [0.2, 0.25) is 0 Å². The number of ether oxygens (including phenoxy) is 1. The first kappa shape index (κ1) is 23.3. The van der Waals surface area contributed by atoms with Crippen molar-refractivity contribution in [3.63, 3.8) is 0 Å². The van der Waals surface area contributed by atoms with Crippen LogP contribution < -0.4 is 10.4 Å². The first-order chi connectivity index (χ1) is 16.9. The molecule has 35 heavy (non-hydrogen) atoms. The summed E-state index contributed by atoms with van der Waals surface area (Å²) in [4.78, 5) is 16.1. The van der Waals surface area contributed by atoms with Crippen LogP contribution in [0.4, 0.5) is 0 Å². The Morgan fingerprint density at radius 1 is 1.23 bits per heavy atom. The molecular weight excluding hydrogens is 450 g/mol. The van der Waals surface area contributed by atoms with Crippen molar-refractivity contribution in [3.8, 4) is 17.1 Å². The summed E-state index contributed by atoms with van der Waals surface area (Å²) in [5, 5.41) is 30.7. The largest absolute Gasteiger partial charge is 0.489 e. The molecule has 0 spiro atoms.